The van der Waals surface area contributed by atoms with Gasteiger partial charge >= 0.3 is 0 Å². The maximum Gasteiger partial charge on any atom is 0.272 e. The summed E-state index contributed by atoms with van der Waals surface area (Å²) in [5.74, 6) is 1.41. The largest absolute Gasteiger partial charge is 0.337 e. The fourth-order valence-electron chi connectivity index (χ4n) is 2.48. The average molecular weight is 235 g/mol. The third-order valence-electron chi connectivity index (χ3n) is 3.73. The number of rotatable bonds is 2. The molecule has 1 unspecified atom stereocenters. The van der Waals surface area contributed by atoms with Crippen LogP contribution < -0.4 is 0 Å². The van der Waals surface area contributed by atoms with Crippen molar-refractivity contribution in [1.29, 1.82) is 0 Å². The summed E-state index contributed by atoms with van der Waals surface area (Å²) < 4.78 is 1.65. The molecule has 0 aromatic carbocycles. The number of aromatic nitrogens is 2. The Kier molecular flexibility index (Phi) is 3.50. The molecule has 0 bridgehead atoms. The van der Waals surface area contributed by atoms with Crippen LogP contribution in [0.2, 0.25) is 0 Å². The molecule has 4 nitrogen and oxygen atoms in total. The van der Waals surface area contributed by atoms with E-state index in [-0.39, 0.29) is 5.91 Å². The van der Waals surface area contributed by atoms with Crippen LogP contribution in [-0.2, 0) is 7.05 Å². The first-order valence-electron chi connectivity index (χ1n) is 6.37. The third kappa shape index (κ3) is 2.51. The molecule has 0 saturated carbocycles. The normalized spacial score (nSPS) is 20.9. The SMILES string of the molecule is CC(C)C1CCCN(C(=O)c2ccnn2C)C1. The van der Waals surface area contributed by atoms with Crippen LogP contribution in [0.5, 0.6) is 0 Å². The molecule has 17 heavy (non-hydrogen) atoms. The number of nitrogens with zero attached hydrogens (tertiary/aromatic N) is 3. The molecular formula is C13H21N3O. The second kappa shape index (κ2) is 4.90. The molecule has 1 saturated heterocycles. The van der Waals surface area contributed by atoms with E-state index in [1.807, 2.05) is 11.9 Å². The number of hydrogen-bond acceptors (Lipinski definition) is 2. The lowest BCUT2D eigenvalue weighted by molar-refractivity contribution is 0.0630. The maximum atomic E-state index is 12.3. The molecule has 1 amide bonds. The minimum atomic E-state index is 0.121. The zero-order chi connectivity index (χ0) is 12.4. The Morgan fingerprint density at radius 2 is 2.29 bits per heavy atom. The van der Waals surface area contributed by atoms with E-state index in [1.165, 1.54) is 6.42 Å². The quantitative estimate of drug-likeness (QED) is 0.785. The topological polar surface area (TPSA) is 38.1 Å². The van der Waals surface area contributed by atoms with Crippen molar-refractivity contribution in [3.63, 3.8) is 0 Å². The van der Waals surface area contributed by atoms with Gasteiger partial charge in [-0.3, -0.25) is 9.48 Å². The summed E-state index contributed by atoms with van der Waals surface area (Å²) >= 11 is 0. The van der Waals surface area contributed by atoms with Crippen molar-refractivity contribution in [1.82, 2.24) is 14.7 Å². The molecule has 1 atom stereocenters. The number of hydrogen-bond donors (Lipinski definition) is 0. The van der Waals surface area contributed by atoms with E-state index in [0.717, 1.165) is 19.5 Å². The molecule has 2 heterocycles. The molecule has 1 aliphatic rings. The van der Waals surface area contributed by atoms with Crippen molar-refractivity contribution < 1.29 is 4.79 Å². The molecule has 94 valence electrons. The molecule has 4 heteroatoms. The van der Waals surface area contributed by atoms with Crippen LogP contribution in [0, 0.1) is 11.8 Å². The summed E-state index contributed by atoms with van der Waals surface area (Å²) in [5.41, 5.74) is 0.689. The molecule has 0 radical (unpaired) electrons. The first-order valence-corrected chi connectivity index (χ1v) is 6.37. The Balaban J connectivity index is 2.07. The Morgan fingerprint density at radius 3 is 2.88 bits per heavy atom. The van der Waals surface area contributed by atoms with Gasteiger partial charge in [-0.05, 0) is 30.7 Å². The van der Waals surface area contributed by atoms with Gasteiger partial charge in [0.25, 0.3) is 5.91 Å². The fraction of sp³-hybridized carbons (Fsp3) is 0.692. The van der Waals surface area contributed by atoms with Gasteiger partial charge in [-0.1, -0.05) is 13.8 Å². The molecule has 0 N–H and O–H groups in total. The minimum Gasteiger partial charge on any atom is -0.337 e. The predicted molar refractivity (Wildman–Crippen MR) is 66.7 cm³/mol. The summed E-state index contributed by atoms with van der Waals surface area (Å²) in [6, 6.07) is 1.79. The number of carbonyl (C=O) groups is 1. The van der Waals surface area contributed by atoms with Crippen molar-refractivity contribution >= 4 is 5.91 Å². The van der Waals surface area contributed by atoms with Crippen LogP contribution in [-0.4, -0.2) is 33.7 Å². The van der Waals surface area contributed by atoms with E-state index in [0.29, 0.717) is 17.5 Å². The van der Waals surface area contributed by atoms with E-state index in [9.17, 15) is 4.79 Å². The van der Waals surface area contributed by atoms with Crippen molar-refractivity contribution in [2.45, 2.75) is 26.7 Å². The van der Waals surface area contributed by atoms with Crippen molar-refractivity contribution in [3.8, 4) is 0 Å². The Morgan fingerprint density at radius 1 is 1.53 bits per heavy atom. The average Bonchev–Trinajstić information content (AvgIpc) is 2.74. The fourth-order valence-corrected chi connectivity index (χ4v) is 2.48. The molecule has 1 aromatic rings. The van der Waals surface area contributed by atoms with E-state index in [2.05, 4.69) is 18.9 Å². The molecule has 2 rings (SSSR count). The zero-order valence-electron chi connectivity index (χ0n) is 10.9. The summed E-state index contributed by atoms with van der Waals surface area (Å²) in [5, 5.41) is 4.06. The van der Waals surface area contributed by atoms with Crippen molar-refractivity contribution in [3.05, 3.63) is 18.0 Å². The van der Waals surface area contributed by atoms with Crippen LogP contribution >= 0.6 is 0 Å². The first-order chi connectivity index (χ1) is 8.09. The van der Waals surface area contributed by atoms with Gasteiger partial charge in [-0.25, -0.2) is 0 Å². The zero-order valence-corrected chi connectivity index (χ0v) is 10.9. The number of carbonyl (C=O) groups excluding carboxylic acids is 1. The van der Waals surface area contributed by atoms with Crippen LogP contribution in [0.15, 0.2) is 12.3 Å². The predicted octanol–water partition coefficient (Wildman–Crippen LogP) is 1.93. The smallest absolute Gasteiger partial charge is 0.272 e. The Hall–Kier alpha value is -1.32. The standard InChI is InChI=1S/C13H21N3O/c1-10(2)11-5-4-8-16(9-11)13(17)12-6-7-14-15(12)3/h6-7,10-11H,4-5,8-9H2,1-3H3. The molecule has 0 aliphatic carbocycles. The van der Waals surface area contributed by atoms with Gasteiger partial charge in [0.15, 0.2) is 0 Å². The van der Waals surface area contributed by atoms with Gasteiger partial charge in [0.1, 0.15) is 5.69 Å². The van der Waals surface area contributed by atoms with E-state index >= 15 is 0 Å². The highest BCUT2D eigenvalue weighted by atomic mass is 16.2. The Bertz CT molecular complexity index is 397. The highest BCUT2D eigenvalue weighted by molar-refractivity contribution is 5.92. The van der Waals surface area contributed by atoms with Crippen LogP contribution in [0.3, 0.4) is 0 Å². The van der Waals surface area contributed by atoms with Gasteiger partial charge in [0.2, 0.25) is 0 Å². The molecule has 1 aliphatic heterocycles. The maximum absolute atomic E-state index is 12.3. The molecule has 0 spiro atoms. The molecular weight excluding hydrogens is 214 g/mol. The summed E-state index contributed by atoms with van der Waals surface area (Å²) in [6.45, 7) is 6.25. The van der Waals surface area contributed by atoms with E-state index in [1.54, 1.807) is 16.9 Å². The van der Waals surface area contributed by atoms with Crippen molar-refractivity contribution in [2.75, 3.05) is 13.1 Å². The number of aryl methyl sites for hydroxylation is 1. The first kappa shape index (κ1) is 12.1. The van der Waals surface area contributed by atoms with Crippen LogP contribution in [0.1, 0.15) is 37.2 Å². The highest BCUT2D eigenvalue weighted by Gasteiger charge is 2.27. The van der Waals surface area contributed by atoms with Gasteiger partial charge in [-0.2, -0.15) is 5.10 Å². The number of piperidine rings is 1. The van der Waals surface area contributed by atoms with Gasteiger partial charge in [-0.15, -0.1) is 0 Å². The second-order valence-corrected chi connectivity index (χ2v) is 5.24. The molecule has 1 fully saturated rings. The number of amides is 1. The van der Waals surface area contributed by atoms with Crippen molar-refractivity contribution in [2.24, 2.45) is 18.9 Å². The lowest BCUT2D eigenvalue weighted by Crippen LogP contribution is -2.42. The van der Waals surface area contributed by atoms with Gasteiger partial charge in [0.05, 0.1) is 0 Å². The van der Waals surface area contributed by atoms with Crippen LogP contribution in [0.25, 0.3) is 0 Å². The van der Waals surface area contributed by atoms with Gasteiger partial charge in [0, 0.05) is 26.3 Å². The summed E-state index contributed by atoms with van der Waals surface area (Å²) in [7, 11) is 1.82. The Labute approximate surface area is 103 Å². The lowest BCUT2D eigenvalue weighted by atomic mass is 9.88. The minimum absolute atomic E-state index is 0.121. The monoisotopic (exact) mass is 235 g/mol. The number of likely N-dealkylation sites (tertiary alicyclic amines) is 1. The summed E-state index contributed by atoms with van der Waals surface area (Å²) in [6.07, 6.45) is 4.04. The highest BCUT2D eigenvalue weighted by Crippen LogP contribution is 2.24. The third-order valence-corrected chi connectivity index (χ3v) is 3.73. The second-order valence-electron chi connectivity index (χ2n) is 5.24. The lowest BCUT2D eigenvalue weighted by Gasteiger charge is -2.34. The summed E-state index contributed by atoms with van der Waals surface area (Å²) in [4.78, 5) is 14.3. The molecule has 1 aromatic heterocycles. The van der Waals surface area contributed by atoms with Crippen LogP contribution in [0.4, 0.5) is 0 Å². The van der Waals surface area contributed by atoms with Gasteiger partial charge < -0.3 is 4.90 Å². The van der Waals surface area contributed by atoms with E-state index < -0.39 is 0 Å². The van der Waals surface area contributed by atoms with E-state index in [4.69, 9.17) is 0 Å².